The molecule has 1 heterocycles. The van der Waals surface area contributed by atoms with E-state index in [0.29, 0.717) is 22.3 Å². The van der Waals surface area contributed by atoms with Crippen molar-refractivity contribution in [3.8, 4) is 0 Å². The van der Waals surface area contributed by atoms with Gasteiger partial charge in [0.05, 0.1) is 16.3 Å². The van der Waals surface area contributed by atoms with E-state index in [9.17, 15) is 18.4 Å². The number of carbonyl (C=O) groups excluding carboxylic acids is 2. The van der Waals surface area contributed by atoms with Crippen LogP contribution in [0.5, 0.6) is 0 Å². The summed E-state index contributed by atoms with van der Waals surface area (Å²) in [6.45, 7) is 0.292. The lowest BCUT2D eigenvalue weighted by molar-refractivity contribution is -0.115. The van der Waals surface area contributed by atoms with E-state index in [-0.39, 0.29) is 16.8 Å². The molecule has 1 amide bonds. The third kappa shape index (κ3) is 4.16. The molecule has 1 unspecified atom stereocenters. The van der Waals surface area contributed by atoms with E-state index in [1.165, 1.54) is 6.92 Å². The van der Waals surface area contributed by atoms with Crippen LogP contribution in [0, 0.1) is 0 Å². The Labute approximate surface area is 158 Å². The van der Waals surface area contributed by atoms with Crippen molar-refractivity contribution in [2.75, 3.05) is 5.32 Å². The van der Waals surface area contributed by atoms with Crippen LogP contribution in [0.25, 0.3) is 11.0 Å². The molecule has 0 spiro atoms. The fraction of sp³-hybridized carbons (Fsp3) is 0.211. The largest absolute Gasteiger partial charge is 0.325 e. The van der Waals surface area contributed by atoms with Crippen molar-refractivity contribution in [1.29, 1.82) is 0 Å². The topological polar surface area (TPSA) is 64.0 Å². The Kier molecular flexibility index (Phi) is 5.55. The van der Waals surface area contributed by atoms with Crippen LogP contribution in [0.1, 0.15) is 30.8 Å². The number of imidazole rings is 1. The van der Waals surface area contributed by atoms with Crippen molar-refractivity contribution < 1.29 is 18.4 Å². The minimum absolute atomic E-state index is 0.0753. The normalized spacial score (nSPS) is 12.3. The zero-order valence-corrected chi connectivity index (χ0v) is 15.5. The Morgan fingerprint density at radius 2 is 1.89 bits per heavy atom. The third-order valence-corrected chi connectivity index (χ3v) is 5.01. The van der Waals surface area contributed by atoms with Crippen LogP contribution in [0.3, 0.4) is 0 Å². The first-order chi connectivity index (χ1) is 12.9. The SMILES string of the molecule is CC(=O)c1cccc(NC(=O)C(C)Sc2nc3ccccc3n2C(F)F)c1. The minimum atomic E-state index is -2.76. The molecule has 1 atom stereocenters. The van der Waals surface area contributed by atoms with E-state index >= 15 is 0 Å². The highest BCUT2D eigenvalue weighted by molar-refractivity contribution is 8.00. The Morgan fingerprint density at radius 1 is 1.15 bits per heavy atom. The summed E-state index contributed by atoms with van der Waals surface area (Å²) < 4.78 is 27.8. The Hall–Kier alpha value is -2.74. The molecular weight excluding hydrogens is 372 g/mol. The van der Waals surface area contributed by atoms with Gasteiger partial charge in [0.1, 0.15) is 0 Å². The molecule has 3 aromatic rings. The van der Waals surface area contributed by atoms with E-state index < -0.39 is 11.8 Å². The van der Waals surface area contributed by atoms with E-state index in [2.05, 4.69) is 10.3 Å². The fourth-order valence-electron chi connectivity index (χ4n) is 2.57. The summed E-state index contributed by atoms with van der Waals surface area (Å²) in [7, 11) is 0. The van der Waals surface area contributed by atoms with Crippen molar-refractivity contribution >= 4 is 40.2 Å². The van der Waals surface area contributed by atoms with E-state index in [4.69, 9.17) is 0 Å². The van der Waals surface area contributed by atoms with Gasteiger partial charge in [0, 0.05) is 11.3 Å². The summed E-state index contributed by atoms with van der Waals surface area (Å²) in [4.78, 5) is 28.1. The molecule has 0 radical (unpaired) electrons. The van der Waals surface area contributed by atoms with Crippen LogP contribution < -0.4 is 5.32 Å². The van der Waals surface area contributed by atoms with E-state index in [1.54, 1.807) is 55.5 Å². The highest BCUT2D eigenvalue weighted by atomic mass is 32.2. The number of para-hydroxylation sites is 2. The van der Waals surface area contributed by atoms with Crippen molar-refractivity contribution in [1.82, 2.24) is 9.55 Å². The second kappa shape index (κ2) is 7.87. The standard InChI is InChI=1S/C19H17F2N3O2S/c1-11(25)13-6-5-7-14(10-13)22-17(26)12(2)27-19-23-15-8-3-4-9-16(15)24(19)18(20)21/h3-10,12,18H,1-2H3,(H,22,26). The van der Waals surface area contributed by atoms with Crippen LogP contribution in [0.4, 0.5) is 14.5 Å². The van der Waals surface area contributed by atoms with Crippen LogP contribution >= 0.6 is 11.8 Å². The molecule has 2 aromatic carbocycles. The summed E-state index contributed by atoms with van der Waals surface area (Å²) in [5.74, 6) is -0.479. The molecule has 0 aliphatic carbocycles. The molecule has 0 aliphatic rings. The average molecular weight is 389 g/mol. The van der Waals surface area contributed by atoms with Gasteiger partial charge >= 0.3 is 6.55 Å². The molecular formula is C19H17F2N3O2S. The van der Waals surface area contributed by atoms with Crippen molar-refractivity contribution in [3.05, 3.63) is 54.1 Å². The van der Waals surface area contributed by atoms with Gasteiger partial charge in [0.2, 0.25) is 5.91 Å². The number of hydrogen-bond donors (Lipinski definition) is 1. The fourth-order valence-corrected chi connectivity index (χ4v) is 3.49. The van der Waals surface area contributed by atoms with Gasteiger partial charge in [0.25, 0.3) is 0 Å². The lowest BCUT2D eigenvalue weighted by atomic mass is 10.1. The summed E-state index contributed by atoms with van der Waals surface area (Å²) in [6, 6.07) is 13.2. The van der Waals surface area contributed by atoms with Crippen molar-refractivity contribution in [2.45, 2.75) is 30.8 Å². The molecule has 27 heavy (non-hydrogen) atoms. The van der Waals surface area contributed by atoms with Gasteiger partial charge in [-0.1, -0.05) is 36.0 Å². The number of rotatable bonds is 6. The monoisotopic (exact) mass is 389 g/mol. The first-order valence-corrected chi connectivity index (χ1v) is 9.08. The number of ketones is 1. The van der Waals surface area contributed by atoms with Gasteiger partial charge in [-0.15, -0.1) is 0 Å². The summed E-state index contributed by atoms with van der Waals surface area (Å²) >= 11 is 0.955. The lowest BCUT2D eigenvalue weighted by Crippen LogP contribution is -2.23. The molecule has 1 aromatic heterocycles. The zero-order valence-electron chi connectivity index (χ0n) is 14.6. The highest BCUT2D eigenvalue weighted by Crippen LogP contribution is 2.31. The number of nitrogens with zero attached hydrogens (tertiary/aromatic N) is 2. The summed E-state index contributed by atoms with van der Waals surface area (Å²) in [5, 5.41) is 2.11. The summed E-state index contributed by atoms with van der Waals surface area (Å²) in [6.07, 6.45) is 0. The number of halogens is 2. The molecule has 1 N–H and O–H groups in total. The van der Waals surface area contributed by atoms with Crippen molar-refractivity contribution in [3.63, 3.8) is 0 Å². The number of thioether (sulfide) groups is 1. The predicted molar refractivity (Wildman–Crippen MR) is 101 cm³/mol. The van der Waals surface area contributed by atoms with E-state index in [0.717, 1.165) is 16.3 Å². The van der Waals surface area contributed by atoms with Gasteiger partial charge in [-0.3, -0.25) is 14.2 Å². The third-order valence-electron chi connectivity index (χ3n) is 3.95. The number of alkyl halides is 2. The molecule has 0 bridgehead atoms. The number of aromatic nitrogens is 2. The Bertz CT molecular complexity index is 1000. The molecule has 140 valence electrons. The summed E-state index contributed by atoms with van der Waals surface area (Å²) in [5.41, 5.74) is 1.72. The number of amides is 1. The quantitative estimate of drug-likeness (QED) is 0.488. The molecule has 5 nitrogen and oxygen atoms in total. The maximum Gasteiger partial charge on any atom is 0.321 e. The first-order valence-electron chi connectivity index (χ1n) is 8.20. The average Bonchev–Trinajstić information content (AvgIpc) is 2.99. The molecule has 0 saturated heterocycles. The minimum Gasteiger partial charge on any atom is -0.325 e. The smallest absolute Gasteiger partial charge is 0.321 e. The van der Waals surface area contributed by atoms with Crippen LogP contribution in [-0.4, -0.2) is 26.5 Å². The molecule has 3 rings (SSSR count). The number of carbonyl (C=O) groups is 2. The highest BCUT2D eigenvalue weighted by Gasteiger charge is 2.23. The zero-order chi connectivity index (χ0) is 19.6. The Balaban J connectivity index is 1.79. The lowest BCUT2D eigenvalue weighted by Gasteiger charge is -2.13. The van der Waals surface area contributed by atoms with Gasteiger partial charge in [-0.05, 0) is 38.1 Å². The van der Waals surface area contributed by atoms with Crippen LogP contribution in [-0.2, 0) is 4.79 Å². The van der Waals surface area contributed by atoms with Gasteiger partial charge in [-0.25, -0.2) is 4.98 Å². The molecule has 0 saturated carbocycles. The molecule has 8 heteroatoms. The van der Waals surface area contributed by atoms with Gasteiger partial charge in [0.15, 0.2) is 10.9 Å². The molecule has 0 fully saturated rings. The van der Waals surface area contributed by atoms with Crippen LogP contribution in [0.15, 0.2) is 53.7 Å². The number of Topliss-reactive ketones (excluding diaryl/α,β-unsaturated/α-hetero) is 1. The van der Waals surface area contributed by atoms with Crippen molar-refractivity contribution in [2.24, 2.45) is 0 Å². The van der Waals surface area contributed by atoms with Gasteiger partial charge in [-0.2, -0.15) is 8.78 Å². The van der Waals surface area contributed by atoms with Gasteiger partial charge < -0.3 is 5.32 Å². The Morgan fingerprint density at radius 3 is 2.59 bits per heavy atom. The molecule has 0 aliphatic heterocycles. The number of benzene rings is 2. The maximum absolute atomic E-state index is 13.5. The number of hydrogen-bond acceptors (Lipinski definition) is 4. The van der Waals surface area contributed by atoms with Crippen LogP contribution in [0.2, 0.25) is 0 Å². The first kappa shape index (κ1) is 19.0. The second-order valence-electron chi connectivity index (χ2n) is 5.92. The number of anilines is 1. The number of nitrogens with one attached hydrogen (secondary N) is 1. The second-order valence-corrected chi connectivity index (χ2v) is 7.23. The van der Waals surface area contributed by atoms with E-state index in [1.807, 2.05) is 0 Å². The predicted octanol–water partition coefficient (Wildman–Crippen LogP) is 4.75. The maximum atomic E-state index is 13.5. The number of fused-ring (bicyclic) bond motifs is 1.